The van der Waals surface area contributed by atoms with Gasteiger partial charge in [0.25, 0.3) is 5.56 Å². The topological polar surface area (TPSA) is 67.2 Å². The molecule has 23 heavy (non-hydrogen) atoms. The van der Waals surface area contributed by atoms with Crippen molar-refractivity contribution >= 4 is 6.03 Å². The van der Waals surface area contributed by atoms with Crippen LogP contribution in [0.5, 0.6) is 0 Å². The summed E-state index contributed by atoms with van der Waals surface area (Å²) in [6, 6.07) is -0.00921. The van der Waals surface area contributed by atoms with Gasteiger partial charge in [0.15, 0.2) is 0 Å². The summed E-state index contributed by atoms with van der Waals surface area (Å²) in [6.45, 7) is 1.84. The Kier molecular flexibility index (Phi) is 3.43. The molecule has 2 saturated carbocycles. The van der Waals surface area contributed by atoms with Crippen LogP contribution in [0, 0.1) is 11.3 Å². The summed E-state index contributed by atoms with van der Waals surface area (Å²) in [6.07, 6.45) is 8.63. The lowest BCUT2D eigenvalue weighted by molar-refractivity contribution is 0.0972. The Balaban J connectivity index is 1.40. The second-order valence-electron chi connectivity index (χ2n) is 7.41. The lowest BCUT2D eigenvalue weighted by Gasteiger charge is -2.43. The molecule has 1 aromatic heterocycles. The van der Waals surface area contributed by atoms with Gasteiger partial charge in [-0.2, -0.15) is 0 Å². The Morgan fingerprint density at radius 3 is 2.87 bits per heavy atom. The number of hydrogen-bond donors (Lipinski definition) is 1. The zero-order chi connectivity index (χ0) is 16.0. The second-order valence-corrected chi connectivity index (χ2v) is 7.41. The van der Waals surface area contributed by atoms with E-state index in [2.05, 4.69) is 10.3 Å². The summed E-state index contributed by atoms with van der Waals surface area (Å²) >= 11 is 0. The highest BCUT2D eigenvalue weighted by atomic mass is 16.2. The minimum Gasteiger partial charge on any atom is -0.337 e. The van der Waals surface area contributed by atoms with E-state index in [-0.39, 0.29) is 11.6 Å². The average molecular weight is 316 g/mol. The van der Waals surface area contributed by atoms with Gasteiger partial charge in [-0.3, -0.25) is 4.79 Å². The summed E-state index contributed by atoms with van der Waals surface area (Å²) in [4.78, 5) is 30.7. The number of aromatic nitrogens is 2. The third-order valence-corrected chi connectivity index (χ3v) is 5.96. The van der Waals surface area contributed by atoms with Crippen molar-refractivity contribution in [1.29, 1.82) is 0 Å². The number of amides is 2. The number of aryl methyl sites for hydroxylation is 1. The molecule has 2 heterocycles. The van der Waals surface area contributed by atoms with Crippen molar-refractivity contribution in [1.82, 2.24) is 19.8 Å². The third kappa shape index (κ3) is 2.54. The van der Waals surface area contributed by atoms with Crippen LogP contribution in [0.15, 0.2) is 11.1 Å². The van der Waals surface area contributed by atoms with Crippen molar-refractivity contribution < 1.29 is 4.79 Å². The predicted octanol–water partition coefficient (Wildman–Crippen LogP) is 1.43. The highest BCUT2D eigenvalue weighted by Crippen LogP contribution is 2.56. The SMILES string of the molecule is Cn1cnc2c(c1=O)CCN(C(=O)NCC1(C3CC3)CCC1)C2. The van der Waals surface area contributed by atoms with Gasteiger partial charge < -0.3 is 14.8 Å². The molecule has 0 aromatic carbocycles. The minimum atomic E-state index is -0.00921. The molecule has 1 aliphatic heterocycles. The molecule has 4 rings (SSSR count). The number of nitrogens with zero attached hydrogens (tertiary/aromatic N) is 3. The summed E-state index contributed by atoms with van der Waals surface area (Å²) in [5, 5.41) is 3.15. The molecule has 1 N–H and O–H groups in total. The molecule has 6 heteroatoms. The fourth-order valence-electron chi connectivity index (χ4n) is 4.11. The Morgan fingerprint density at radius 2 is 2.22 bits per heavy atom. The molecule has 0 atom stereocenters. The number of nitrogens with one attached hydrogen (secondary N) is 1. The number of rotatable bonds is 3. The standard InChI is InChI=1S/C17H24N4O2/c1-20-11-19-14-9-21(8-5-13(14)15(20)22)16(23)18-10-17(6-2-7-17)12-3-4-12/h11-12H,2-10H2,1H3,(H,18,23). The van der Waals surface area contributed by atoms with Gasteiger partial charge in [0.1, 0.15) is 0 Å². The normalized spacial score (nSPS) is 22.2. The number of hydrogen-bond acceptors (Lipinski definition) is 3. The van der Waals surface area contributed by atoms with E-state index in [1.54, 1.807) is 18.3 Å². The monoisotopic (exact) mass is 316 g/mol. The fraction of sp³-hybridized carbons (Fsp3) is 0.706. The second kappa shape index (κ2) is 5.35. The molecule has 0 bridgehead atoms. The first-order valence-corrected chi connectivity index (χ1v) is 8.65. The number of carbonyl (C=O) groups excluding carboxylic acids is 1. The van der Waals surface area contributed by atoms with Crippen molar-refractivity contribution in [2.75, 3.05) is 13.1 Å². The van der Waals surface area contributed by atoms with Gasteiger partial charge in [-0.25, -0.2) is 9.78 Å². The van der Waals surface area contributed by atoms with Crippen LogP contribution >= 0.6 is 0 Å². The van der Waals surface area contributed by atoms with Crippen LogP contribution in [0.1, 0.15) is 43.4 Å². The van der Waals surface area contributed by atoms with Crippen LogP contribution in [0.2, 0.25) is 0 Å². The first-order valence-electron chi connectivity index (χ1n) is 8.65. The van der Waals surface area contributed by atoms with Gasteiger partial charge in [0.2, 0.25) is 0 Å². The summed E-state index contributed by atoms with van der Waals surface area (Å²) in [7, 11) is 1.71. The first kappa shape index (κ1) is 14.7. The molecular formula is C17H24N4O2. The Labute approximate surface area is 135 Å². The molecule has 6 nitrogen and oxygen atoms in total. The van der Waals surface area contributed by atoms with Crippen LogP contribution in [-0.4, -0.2) is 33.6 Å². The molecule has 1 aromatic rings. The van der Waals surface area contributed by atoms with Gasteiger partial charge in [0, 0.05) is 25.7 Å². The van der Waals surface area contributed by atoms with Gasteiger partial charge in [-0.05, 0) is 43.4 Å². The van der Waals surface area contributed by atoms with Gasteiger partial charge >= 0.3 is 6.03 Å². The van der Waals surface area contributed by atoms with Crippen molar-refractivity contribution in [2.45, 2.75) is 45.1 Å². The number of urea groups is 1. The number of carbonyl (C=O) groups is 1. The maximum atomic E-state index is 12.5. The van der Waals surface area contributed by atoms with E-state index in [1.165, 1.54) is 36.7 Å². The van der Waals surface area contributed by atoms with E-state index in [1.807, 2.05) is 0 Å². The quantitative estimate of drug-likeness (QED) is 0.917. The molecule has 2 amide bonds. The molecular weight excluding hydrogens is 292 g/mol. The highest BCUT2D eigenvalue weighted by Gasteiger charge is 2.49. The lowest BCUT2D eigenvalue weighted by atomic mass is 9.65. The first-order chi connectivity index (χ1) is 11.1. The Hall–Kier alpha value is -1.85. The zero-order valence-corrected chi connectivity index (χ0v) is 13.7. The zero-order valence-electron chi connectivity index (χ0n) is 13.7. The molecule has 124 valence electrons. The maximum absolute atomic E-state index is 12.5. The van der Waals surface area contributed by atoms with Crippen molar-refractivity contribution in [2.24, 2.45) is 18.4 Å². The van der Waals surface area contributed by atoms with Crippen LogP contribution < -0.4 is 10.9 Å². The molecule has 2 fully saturated rings. The maximum Gasteiger partial charge on any atom is 0.317 e. The molecule has 0 saturated heterocycles. The Bertz CT molecular complexity index is 688. The lowest BCUT2D eigenvalue weighted by Crippen LogP contribution is -2.49. The van der Waals surface area contributed by atoms with Crippen LogP contribution in [-0.2, 0) is 20.0 Å². The van der Waals surface area contributed by atoms with E-state index in [0.29, 0.717) is 24.9 Å². The smallest absolute Gasteiger partial charge is 0.317 e. The fourth-order valence-corrected chi connectivity index (χ4v) is 4.11. The van der Waals surface area contributed by atoms with E-state index in [9.17, 15) is 9.59 Å². The third-order valence-electron chi connectivity index (χ3n) is 5.96. The molecule has 3 aliphatic rings. The largest absolute Gasteiger partial charge is 0.337 e. The van der Waals surface area contributed by atoms with Gasteiger partial charge in [-0.15, -0.1) is 0 Å². The van der Waals surface area contributed by atoms with Crippen LogP contribution in [0.3, 0.4) is 0 Å². The summed E-state index contributed by atoms with van der Waals surface area (Å²) in [5.41, 5.74) is 1.90. The summed E-state index contributed by atoms with van der Waals surface area (Å²) in [5.74, 6) is 0.836. The van der Waals surface area contributed by atoms with Crippen LogP contribution in [0.25, 0.3) is 0 Å². The van der Waals surface area contributed by atoms with Crippen molar-refractivity contribution in [3.8, 4) is 0 Å². The highest BCUT2D eigenvalue weighted by molar-refractivity contribution is 5.74. The van der Waals surface area contributed by atoms with E-state index in [4.69, 9.17) is 0 Å². The van der Waals surface area contributed by atoms with Crippen molar-refractivity contribution in [3.05, 3.63) is 27.9 Å². The van der Waals surface area contributed by atoms with E-state index in [0.717, 1.165) is 23.7 Å². The van der Waals surface area contributed by atoms with Gasteiger partial charge in [-0.1, -0.05) is 6.42 Å². The van der Waals surface area contributed by atoms with Crippen molar-refractivity contribution in [3.63, 3.8) is 0 Å². The van der Waals surface area contributed by atoms with E-state index < -0.39 is 0 Å². The average Bonchev–Trinajstić information content (AvgIpc) is 3.34. The predicted molar refractivity (Wildman–Crippen MR) is 86.0 cm³/mol. The molecule has 2 aliphatic carbocycles. The molecule has 0 spiro atoms. The molecule has 0 unspecified atom stereocenters. The van der Waals surface area contributed by atoms with Crippen LogP contribution in [0.4, 0.5) is 4.79 Å². The van der Waals surface area contributed by atoms with E-state index >= 15 is 0 Å². The number of fused-ring (bicyclic) bond motifs is 1. The minimum absolute atomic E-state index is 0.00921. The van der Waals surface area contributed by atoms with Gasteiger partial charge in [0.05, 0.1) is 18.6 Å². The molecule has 0 radical (unpaired) electrons. The Morgan fingerprint density at radius 1 is 1.43 bits per heavy atom. The summed E-state index contributed by atoms with van der Waals surface area (Å²) < 4.78 is 1.50.